The Hall–Kier alpha value is -0.343. The Morgan fingerprint density at radius 2 is 1.79 bits per heavy atom. The van der Waals surface area contributed by atoms with Gasteiger partial charge in [0.05, 0.1) is 0 Å². The van der Waals surface area contributed by atoms with Crippen LogP contribution in [0.3, 0.4) is 0 Å². The van der Waals surface area contributed by atoms with Crippen LogP contribution in [0.2, 0.25) is 19.6 Å². The van der Waals surface area contributed by atoms with Crippen molar-refractivity contribution in [1.29, 1.82) is 0 Å². The first kappa shape index (κ1) is 25.7. The van der Waals surface area contributed by atoms with E-state index in [1.807, 2.05) is 11.1 Å². The summed E-state index contributed by atoms with van der Waals surface area (Å²) in [6.45, 7) is 22.1. The number of hydrogen-bond acceptors (Lipinski definition) is 1. The maximum atomic E-state index is 6.71. The normalized spacial score (nSPS) is 41.8. The van der Waals surface area contributed by atoms with Crippen LogP contribution in [0.1, 0.15) is 106 Å². The molecule has 0 spiro atoms. The first-order valence-electron chi connectivity index (χ1n) is 14.4. The maximum absolute atomic E-state index is 6.71. The molecule has 0 unspecified atom stereocenters. The van der Waals surface area contributed by atoms with Gasteiger partial charge < -0.3 is 4.43 Å². The highest BCUT2D eigenvalue weighted by molar-refractivity contribution is 6.69. The third-order valence-electron chi connectivity index (χ3n) is 10.9. The van der Waals surface area contributed by atoms with E-state index in [2.05, 4.69) is 67.3 Å². The number of allylic oxidation sites excluding steroid dienone is 4. The minimum Gasteiger partial charge on any atom is -0.414 e. The molecule has 0 N–H and O–H groups in total. The topological polar surface area (TPSA) is 9.23 Å². The van der Waals surface area contributed by atoms with Gasteiger partial charge in [-0.25, -0.2) is 0 Å². The minimum atomic E-state index is -1.48. The number of hydrogen-bond donors (Lipinski definition) is 0. The molecule has 2 saturated carbocycles. The summed E-state index contributed by atoms with van der Waals surface area (Å²) in [4.78, 5) is 0. The molecule has 2 fully saturated rings. The predicted octanol–water partition coefficient (Wildman–Crippen LogP) is 9.56. The van der Waals surface area contributed by atoms with Crippen molar-refractivity contribution >= 4 is 8.32 Å². The molecule has 0 bridgehead atoms. The summed E-state index contributed by atoms with van der Waals surface area (Å²) in [5.74, 6) is 4.20. The fourth-order valence-corrected chi connectivity index (χ4v) is 10.6. The van der Waals surface area contributed by atoms with E-state index in [0.29, 0.717) is 22.9 Å². The molecule has 0 amide bonds. The Bertz CT molecular complexity index is 783. The summed E-state index contributed by atoms with van der Waals surface area (Å²) in [6, 6.07) is 0. The van der Waals surface area contributed by atoms with Crippen molar-refractivity contribution in [3.05, 3.63) is 22.8 Å². The van der Waals surface area contributed by atoms with Crippen molar-refractivity contribution in [2.75, 3.05) is 0 Å². The van der Waals surface area contributed by atoms with Crippen molar-refractivity contribution in [1.82, 2.24) is 0 Å². The molecule has 4 aliphatic carbocycles. The van der Waals surface area contributed by atoms with Gasteiger partial charge in [0.25, 0.3) is 0 Å². The molecule has 0 aromatic heterocycles. The molecule has 1 nitrogen and oxygen atoms in total. The van der Waals surface area contributed by atoms with Crippen LogP contribution in [0.15, 0.2) is 22.8 Å². The first-order chi connectivity index (χ1) is 15.4. The predicted molar refractivity (Wildman–Crippen MR) is 146 cm³/mol. The lowest BCUT2D eigenvalue weighted by molar-refractivity contribution is -0.0252. The standard InChI is InChI=1S/C31H54OSi/c1-21(2)11-10-12-22(3)25-15-16-27-24-13-14-26-23(4)29(32-33(7,8)9)18-20-31(26,6)28(24)17-19-30(25,27)5/h11,22-23,25-27,29H,10,12-20H2,1-9H3/t22-,23+,25-,26+,27+,29+,30-,31+/m1/s1. The summed E-state index contributed by atoms with van der Waals surface area (Å²) < 4.78 is 6.71. The van der Waals surface area contributed by atoms with Crippen molar-refractivity contribution in [2.45, 2.75) is 131 Å². The van der Waals surface area contributed by atoms with Gasteiger partial charge in [0.2, 0.25) is 0 Å². The van der Waals surface area contributed by atoms with Crippen molar-refractivity contribution < 1.29 is 4.43 Å². The Kier molecular flexibility index (Phi) is 7.23. The van der Waals surface area contributed by atoms with Gasteiger partial charge in [0, 0.05) is 6.10 Å². The number of rotatable bonds is 6. The lowest BCUT2D eigenvalue weighted by Gasteiger charge is -2.57. The first-order valence-corrected chi connectivity index (χ1v) is 17.8. The summed E-state index contributed by atoms with van der Waals surface area (Å²) in [5.41, 5.74) is 6.38. The molecule has 33 heavy (non-hydrogen) atoms. The Labute approximate surface area is 207 Å². The van der Waals surface area contributed by atoms with Crippen LogP contribution >= 0.6 is 0 Å². The van der Waals surface area contributed by atoms with E-state index in [0.717, 1.165) is 23.7 Å². The van der Waals surface area contributed by atoms with Crippen molar-refractivity contribution in [3.63, 3.8) is 0 Å². The lowest BCUT2D eigenvalue weighted by atomic mass is 9.49. The van der Waals surface area contributed by atoms with Crippen LogP contribution in [0.4, 0.5) is 0 Å². The molecule has 0 aliphatic heterocycles. The largest absolute Gasteiger partial charge is 0.414 e. The highest BCUT2D eigenvalue weighted by Crippen LogP contribution is 2.66. The van der Waals surface area contributed by atoms with E-state index < -0.39 is 8.32 Å². The molecular weight excluding hydrogens is 416 g/mol. The van der Waals surface area contributed by atoms with Gasteiger partial charge in [-0.2, -0.15) is 0 Å². The Morgan fingerprint density at radius 3 is 2.45 bits per heavy atom. The van der Waals surface area contributed by atoms with Crippen LogP contribution in [0.5, 0.6) is 0 Å². The van der Waals surface area contributed by atoms with Crippen LogP contribution in [0.25, 0.3) is 0 Å². The molecule has 0 heterocycles. The Morgan fingerprint density at radius 1 is 1.06 bits per heavy atom. The van der Waals surface area contributed by atoms with Crippen molar-refractivity contribution in [2.24, 2.45) is 40.4 Å². The van der Waals surface area contributed by atoms with Gasteiger partial charge in [-0.15, -0.1) is 0 Å². The number of fused-ring (bicyclic) bond motifs is 4. The molecule has 0 saturated heterocycles. The van der Waals surface area contributed by atoms with E-state index in [1.54, 1.807) is 0 Å². The molecule has 2 heteroatoms. The van der Waals surface area contributed by atoms with Gasteiger partial charge >= 0.3 is 0 Å². The monoisotopic (exact) mass is 470 g/mol. The van der Waals surface area contributed by atoms with E-state index in [1.165, 1.54) is 69.8 Å². The third-order valence-corrected chi connectivity index (χ3v) is 11.9. The molecule has 0 aromatic carbocycles. The second kappa shape index (κ2) is 9.27. The summed E-state index contributed by atoms with van der Waals surface area (Å²) in [5, 5.41) is 0. The van der Waals surface area contributed by atoms with E-state index in [9.17, 15) is 0 Å². The fourth-order valence-electron chi connectivity index (χ4n) is 9.33. The second-order valence-corrected chi connectivity index (χ2v) is 18.8. The van der Waals surface area contributed by atoms with Gasteiger partial charge in [-0.05, 0) is 138 Å². The van der Waals surface area contributed by atoms with Crippen LogP contribution in [0, 0.1) is 40.4 Å². The average molecular weight is 471 g/mol. The average Bonchev–Trinajstić information content (AvgIpc) is 3.06. The minimum absolute atomic E-state index is 0.445. The third kappa shape index (κ3) is 4.74. The van der Waals surface area contributed by atoms with E-state index in [-0.39, 0.29) is 0 Å². The van der Waals surface area contributed by atoms with E-state index >= 15 is 0 Å². The highest BCUT2D eigenvalue weighted by Gasteiger charge is 2.57. The fraction of sp³-hybridized carbons (Fsp3) is 0.871. The summed E-state index contributed by atoms with van der Waals surface area (Å²) in [6.07, 6.45) is 16.8. The lowest BCUT2D eigenvalue weighted by Crippen LogP contribution is -2.51. The summed E-state index contributed by atoms with van der Waals surface area (Å²) >= 11 is 0. The van der Waals surface area contributed by atoms with Gasteiger partial charge in [-0.3, -0.25) is 0 Å². The molecule has 8 atom stereocenters. The highest BCUT2D eigenvalue weighted by atomic mass is 28.4. The zero-order valence-corrected chi connectivity index (χ0v) is 24.5. The molecular formula is C31H54OSi. The SMILES string of the molecule is CC(C)=CCC[C@@H](C)[C@H]1CC[C@H]2C3=C(CC[C@]12C)[C@@]1(C)CC[C@H](O[Si](C)(C)C)[C@@H](C)[C@@H]1CC3. The second-order valence-electron chi connectivity index (χ2n) is 14.3. The van der Waals surface area contributed by atoms with Gasteiger partial charge in [-0.1, -0.05) is 50.5 Å². The quantitative estimate of drug-likeness (QED) is 0.277. The zero-order chi connectivity index (χ0) is 24.2. The molecule has 4 rings (SSSR count). The van der Waals surface area contributed by atoms with E-state index in [4.69, 9.17) is 4.43 Å². The van der Waals surface area contributed by atoms with Gasteiger partial charge in [0.1, 0.15) is 0 Å². The smallest absolute Gasteiger partial charge is 0.184 e. The van der Waals surface area contributed by atoms with Gasteiger partial charge in [0.15, 0.2) is 8.32 Å². The molecule has 4 aliphatic rings. The Balaban J connectivity index is 1.53. The molecule has 0 aromatic rings. The van der Waals surface area contributed by atoms with Crippen LogP contribution in [-0.4, -0.2) is 14.4 Å². The molecule has 188 valence electrons. The van der Waals surface area contributed by atoms with Crippen molar-refractivity contribution in [3.8, 4) is 0 Å². The van der Waals surface area contributed by atoms with Crippen LogP contribution in [-0.2, 0) is 4.43 Å². The zero-order valence-electron chi connectivity index (χ0n) is 23.5. The maximum Gasteiger partial charge on any atom is 0.184 e. The molecule has 0 radical (unpaired) electrons. The summed E-state index contributed by atoms with van der Waals surface area (Å²) in [7, 11) is -1.48. The van der Waals surface area contributed by atoms with Crippen LogP contribution < -0.4 is 0 Å².